The van der Waals surface area contributed by atoms with Crippen LogP contribution in [0.2, 0.25) is 5.02 Å². The molecule has 0 aromatic heterocycles. The molecule has 0 aliphatic carbocycles. The summed E-state index contributed by atoms with van der Waals surface area (Å²) in [4.78, 5) is 11.3. The molecule has 18 heavy (non-hydrogen) atoms. The Morgan fingerprint density at radius 2 is 2.06 bits per heavy atom. The second-order valence-corrected chi connectivity index (χ2v) is 5.61. The Balaban J connectivity index is 2.12. The molecule has 1 N–H and O–H groups in total. The predicted molar refractivity (Wildman–Crippen MR) is 76.3 cm³/mol. The van der Waals surface area contributed by atoms with Gasteiger partial charge in [0.1, 0.15) is 0 Å². The van der Waals surface area contributed by atoms with Gasteiger partial charge in [-0.1, -0.05) is 35.5 Å². The van der Waals surface area contributed by atoms with Gasteiger partial charge < -0.3 is 5.32 Å². The molecule has 0 saturated carbocycles. The van der Waals surface area contributed by atoms with Crippen molar-refractivity contribution in [2.75, 3.05) is 0 Å². The maximum absolute atomic E-state index is 11.3. The zero-order chi connectivity index (χ0) is 13.1. The van der Waals surface area contributed by atoms with Crippen LogP contribution in [0.5, 0.6) is 0 Å². The monoisotopic (exact) mass is 281 g/mol. The number of nitrogens with one attached hydrogen (secondary N) is 1. The zero-order valence-corrected chi connectivity index (χ0v) is 11.5. The number of halogens is 1. The minimum absolute atomic E-state index is 0.0295. The van der Waals surface area contributed by atoms with E-state index in [1.165, 1.54) is 11.8 Å². The molecule has 0 unspecified atom stereocenters. The van der Waals surface area contributed by atoms with Crippen LogP contribution in [0.4, 0.5) is 0 Å². The Bertz CT molecular complexity index is 525. The Labute approximate surface area is 115 Å². The van der Waals surface area contributed by atoms with Crippen molar-refractivity contribution in [3.8, 4) is 0 Å². The number of amidine groups is 1. The number of thioether (sulfide) groups is 1. The van der Waals surface area contributed by atoms with Crippen LogP contribution in [-0.2, 0) is 4.79 Å². The molecule has 1 aliphatic heterocycles. The zero-order valence-electron chi connectivity index (χ0n) is 9.98. The fourth-order valence-corrected chi connectivity index (χ4v) is 2.25. The summed E-state index contributed by atoms with van der Waals surface area (Å²) in [6.45, 7) is 3.69. The third kappa shape index (κ3) is 3.11. The average Bonchev–Trinajstić information content (AvgIpc) is 2.67. The van der Waals surface area contributed by atoms with Crippen LogP contribution >= 0.6 is 23.4 Å². The summed E-state index contributed by atoms with van der Waals surface area (Å²) in [6, 6.07) is 7.36. The molecule has 6 heteroatoms. The summed E-state index contributed by atoms with van der Waals surface area (Å²) >= 11 is 7.19. The molecule has 1 atom stereocenters. The summed E-state index contributed by atoms with van der Waals surface area (Å²) in [7, 11) is 0. The van der Waals surface area contributed by atoms with E-state index in [2.05, 4.69) is 15.5 Å². The lowest BCUT2D eigenvalue weighted by Crippen LogP contribution is -2.23. The Hall–Kier alpha value is -1.33. The van der Waals surface area contributed by atoms with Gasteiger partial charge in [0.25, 0.3) is 0 Å². The van der Waals surface area contributed by atoms with Crippen LogP contribution < -0.4 is 5.32 Å². The van der Waals surface area contributed by atoms with E-state index >= 15 is 0 Å². The van der Waals surface area contributed by atoms with Crippen LogP contribution in [0, 0.1) is 0 Å². The first-order chi connectivity index (χ1) is 8.56. The number of hydrogen-bond donors (Lipinski definition) is 1. The Morgan fingerprint density at radius 3 is 2.61 bits per heavy atom. The van der Waals surface area contributed by atoms with Gasteiger partial charge >= 0.3 is 0 Å². The molecule has 1 amide bonds. The molecule has 94 valence electrons. The largest absolute Gasteiger partial charge is 0.303 e. The molecule has 1 aromatic carbocycles. The normalized spacial score (nSPS) is 22.4. The van der Waals surface area contributed by atoms with E-state index in [0.29, 0.717) is 10.2 Å². The third-order valence-corrected chi connectivity index (χ3v) is 3.67. The first-order valence-electron chi connectivity index (χ1n) is 5.42. The lowest BCUT2D eigenvalue weighted by atomic mass is 10.1. The second kappa shape index (κ2) is 5.54. The molecule has 4 nitrogen and oxygen atoms in total. The van der Waals surface area contributed by atoms with Crippen molar-refractivity contribution in [1.82, 2.24) is 5.32 Å². The third-order valence-electron chi connectivity index (χ3n) is 2.44. The van der Waals surface area contributed by atoms with Crippen molar-refractivity contribution in [2.24, 2.45) is 10.2 Å². The minimum atomic E-state index is -0.102. The summed E-state index contributed by atoms with van der Waals surface area (Å²) < 4.78 is 0. The fraction of sp³-hybridized carbons (Fsp3) is 0.250. The van der Waals surface area contributed by atoms with Crippen LogP contribution in [0.25, 0.3) is 0 Å². The van der Waals surface area contributed by atoms with Gasteiger partial charge in [-0.05, 0) is 31.5 Å². The highest BCUT2D eigenvalue weighted by Crippen LogP contribution is 2.18. The van der Waals surface area contributed by atoms with Gasteiger partial charge in [0.2, 0.25) is 5.91 Å². The standard InChI is InChI=1S/C12H12ClN3OS/c1-7(9-3-5-10(13)6-4-9)15-16-12-14-11(17)8(2)18-12/h3-6,8H,1-2H3,(H,14,16,17)/b15-7+/t8-/m1/s1. The van der Waals surface area contributed by atoms with Crippen LogP contribution in [0.15, 0.2) is 34.5 Å². The van der Waals surface area contributed by atoms with Gasteiger partial charge in [0, 0.05) is 5.02 Å². The van der Waals surface area contributed by atoms with E-state index in [1.807, 2.05) is 26.0 Å². The van der Waals surface area contributed by atoms with Crippen molar-refractivity contribution in [3.05, 3.63) is 34.9 Å². The van der Waals surface area contributed by atoms with E-state index in [1.54, 1.807) is 12.1 Å². The van der Waals surface area contributed by atoms with Crippen LogP contribution in [0.1, 0.15) is 19.4 Å². The molecular formula is C12H12ClN3OS. The Morgan fingerprint density at radius 1 is 1.39 bits per heavy atom. The lowest BCUT2D eigenvalue weighted by Gasteiger charge is -1.98. The molecular weight excluding hydrogens is 270 g/mol. The maximum atomic E-state index is 11.3. The number of hydrogen-bond acceptors (Lipinski definition) is 4. The number of nitrogens with zero attached hydrogens (tertiary/aromatic N) is 2. The summed E-state index contributed by atoms with van der Waals surface area (Å²) in [5.41, 5.74) is 1.72. The number of carbonyl (C=O) groups excluding carboxylic acids is 1. The minimum Gasteiger partial charge on any atom is -0.303 e. The lowest BCUT2D eigenvalue weighted by molar-refractivity contribution is -0.118. The quantitative estimate of drug-likeness (QED) is 0.669. The number of benzene rings is 1. The van der Waals surface area contributed by atoms with Crippen molar-refractivity contribution in [3.63, 3.8) is 0 Å². The van der Waals surface area contributed by atoms with Crippen molar-refractivity contribution >= 4 is 40.1 Å². The van der Waals surface area contributed by atoms with E-state index in [4.69, 9.17) is 11.6 Å². The molecule has 0 radical (unpaired) electrons. The molecule has 1 aromatic rings. The molecule has 0 bridgehead atoms. The summed E-state index contributed by atoms with van der Waals surface area (Å²) in [5.74, 6) is -0.0295. The van der Waals surface area contributed by atoms with Gasteiger partial charge in [0.05, 0.1) is 11.0 Å². The van der Waals surface area contributed by atoms with Gasteiger partial charge in [-0.25, -0.2) is 0 Å². The fourth-order valence-electron chi connectivity index (χ4n) is 1.38. The highest BCUT2D eigenvalue weighted by molar-refractivity contribution is 8.15. The maximum Gasteiger partial charge on any atom is 0.239 e. The SMILES string of the molecule is C/C(=N\N=C1\NC(=O)[C@@H](C)S1)c1ccc(Cl)cc1. The first kappa shape index (κ1) is 13.1. The van der Waals surface area contributed by atoms with Gasteiger partial charge in [-0.15, -0.1) is 5.10 Å². The van der Waals surface area contributed by atoms with Crippen molar-refractivity contribution in [2.45, 2.75) is 19.1 Å². The van der Waals surface area contributed by atoms with E-state index in [-0.39, 0.29) is 11.2 Å². The van der Waals surface area contributed by atoms with Gasteiger partial charge in [0.15, 0.2) is 5.17 Å². The van der Waals surface area contributed by atoms with E-state index in [0.717, 1.165) is 11.3 Å². The number of carbonyl (C=O) groups is 1. The number of amides is 1. The molecule has 1 aliphatic rings. The van der Waals surface area contributed by atoms with Crippen molar-refractivity contribution < 1.29 is 4.79 Å². The summed E-state index contributed by atoms with van der Waals surface area (Å²) in [6.07, 6.45) is 0. The smallest absolute Gasteiger partial charge is 0.239 e. The number of rotatable bonds is 2. The topological polar surface area (TPSA) is 53.8 Å². The first-order valence-corrected chi connectivity index (χ1v) is 6.68. The molecule has 0 spiro atoms. The van der Waals surface area contributed by atoms with Gasteiger partial charge in [-0.2, -0.15) is 5.10 Å². The van der Waals surface area contributed by atoms with Crippen LogP contribution in [-0.4, -0.2) is 22.0 Å². The van der Waals surface area contributed by atoms with E-state index < -0.39 is 0 Å². The predicted octanol–water partition coefficient (Wildman–Crippen LogP) is 2.67. The highest BCUT2D eigenvalue weighted by atomic mass is 35.5. The highest BCUT2D eigenvalue weighted by Gasteiger charge is 2.25. The Kier molecular flexibility index (Phi) is 4.04. The van der Waals surface area contributed by atoms with Gasteiger partial charge in [-0.3, -0.25) is 4.79 Å². The molecule has 1 saturated heterocycles. The average molecular weight is 282 g/mol. The van der Waals surface area contributed by atoms with E-state index in [9.17, 15) is 4.79 Å². The molecule has 2 rings (SSSR count). The molecule has 1 heterocycles. The van der Waals surface area contributed by atoms with Crippen LogP contribution in [0.3, 0.4) is 0 Å². The second-order valence-electron chi connectivity index (χ2n) is 3.85. The summed E-state index contributed by atoms with van der Waals surface area (Å²) in [5, 5.41) is 11.9. The molecule has 1 fully saturated rings. The van der Waals surface area contributed by atoms with Crippen molar-refractivity contribution in [1.29, 1.82) is 0 Å².